The van der Waals surface area contributed by atoms with Gasteiger partial charge in [0.05, 0.1) is 23.4 Å². The van der Waals surface area contributed by atoms with Crippen molar-refractivity contribution in [3.63, 3.8) is 0 Å². The van der Waals surface area contributed by atoms with Crippen molar-refractivity contribution in [2.45, 2.75) is 78.8 Å². The van der Waals surface area contributed by atoms with Crippen LogP contribution >= 0.6 is 0 Å². The number of nitrogens with one attached hydrogen (secondary N) is 1. The molecule has 3 atom stereocenters. The molecule has 1 aliphatic carbocycles. The second-order valence-corrected chi connectivity index (χ2v) is 13.9. The van der Waals surface area contributed by atoms with Gasteiger partial charge in [-0.3, -0.25) is 13.9 Å². The van der Waals surface area contributed by atoms with Gasteiger partial charge in [-0.25, -0.2) is 14.8 Å². The molecule has 3 aromatic heterocycles. The minimum absolute atomic E-state index is 0.00743. The van der Waals surface area contributed by atoms with Crippen LogP contribution < -0.4 is 11.0 Å². The van der Waals surface area contributed by atoms with Crippen LogP contribution in [0.25, 0.3) is 11.2 Å². The van der Waals surface area contributed by atoms with Crippen molar-refractivity contribution in [2.24, 2.45) is 23.8 Å². The largest absolute Gasteiger partial charge is 0.507 e. The highest BCUT2D eigenvalue weighted by molar-refractivity contribution is 5.96. The summed E-state index contributed by atoms with van der Waals surface area (Å²) in [5.41, 5.74) is 3.00. The SMILES string of the molecule is Cn1c(=O)n(CC(C)(C)C)c2ccc(C3CCC(C)(C)C(CC(CNC(=O)c4ccccc4O)n4ccnc4)C3)nc21. The summed E-state index contributed by atoms with van der Waals surface area (Å²) in [6.07, 6.45) is 9.46. The Labute approximate surface area is 247 Å². The highest BCUT2D eigenvalue weighted by Crippen LogP contribution is 2.49. The first-order valence-electron chi connectivity index (χ1n) is 14.9. The third-order valence-electron chi connectivity index (χ3n) is 9.01. The van der Waals surface area contributed by atoms with Gasteiger partial charge in [-0.2, -0.15) is 0 Å². The number of carbonyl (C=O) groups excluding carboxylic acids is 1. The van der Waals surface area contributed by atoms with Crippen molar-refractivity contribution in [3.8, 4) is 5.75 Å². The van der Waals surface area contributed by atoms with Crippen LogP contribution in [0, 0.1) is 16.7 Å². The number of hydrogen-bond donors (Lipinski definition) is 2. The topological polar surface area (TPSA) is 107 Å². The lowest BCUT2D eigenvalue weighted by Crippen LogP contribution is -2.36. The van der Waals surface area contributed by atoms with Gasteiger partial charge in [0.25, 0.3) is 5.91 Å². The van der Waals surface area contributed by atoms with Gasteiger partial charge in [-0.1, -0.05) is 46.8 Å². The molecule has 1 aromatic carbocycles. The van der Waals surface area contributed by atoms with Crippen LogP contribution in [-0.2, 0) is 13.6 Å². The van der Waals surface area contributed by atoms with Crippen molar-refractivity contribution in [1.82, 2.24) is 29.0 Å². The predicted molar refractivity (Wildman–Crippen MR) is 165 cm³/mol. The van der Waals surface area contributed by atoms with Gasteiger partial charge >= 0.3 is 5.69 Å². The summed E-state index contributed by atoms with van der Waals surface area (Å²) >= 11 is 0. The molecule has 9 nitrogen and oxygen atoms in total. The number of benzene rings is 1. The van der Waals surface area contributed by atoms with Crippen LogP contribution in [0.15, 0.2) is 59.9 Å². The molecule has 4 aromatic rings. The van der Waals surface area contributed by atoms with Crippen LogP contribution in [0.1, 0.15) is 88.3 Å². The van der Waals surface area contributed by atoms with Crippen molar-refractivity contribution in [1.29, 1.82) is 0 Å². The molecule has 2 N–H and O–H groups in total. The van der Waals surface area contributed by atoms with E-state index in [1.54, 1.807) is 29.0 Å². The number of para-hydroxylation sites is 1. The van der Waals surface area contributed by atoms with Gasteiger partial charge in [0.15, 0.2) is 5.65 Å². The van der Waals surface area contributed by atoms with Gasteiger partial charge in [0.1, 0.15) is 5.75 Å². The fourth-order valence-electron chi connectivity index (χ4n) is 6.45. The standard InChI is InChI=1S/C33H44N6O3/c1-32(2,3)20-39-27-12-11-26(36-29(27)37(6)31(39)42)22-13-14-33(4,5)23(17-22)18-24(38-16-15-34-21-38)19-35-30(41)25-9-7-8-10-28(25)40/h7-12,15-16,21-24,40H,13-14,17-20H2,1-6H3,(H,35,41). The third-order valence-corrected chi connectivity index (χ3v) is 9.01. The normalized spacial score (nSPS) is 19.6. The molecule has 0 bridgehead atoms. The van der Waals surface area contributed by atoms with E-state index in [2.05, 4.69) is 61.6 Å². The number of aryl methyl sites for hydroxylation is 1. The molecule has 1 saturated carbocycles. The van der Waals surface area contributed by atoms with E-state index in [1.165, 1.54) is 6.07 Å². The Kier molecular flexibility index (Phi) is 8.05. The lowest BCUT2D eigenvalue weighted by molar-refractivity contribution is 0.0894. The highest BCUT2D eigenvalue weighted by Gasteiger charge is 2.39. The Morgan fingerprint density at radius 3 is 2.64 bits per heavy atom. The minimum Gasteiger partial charge on any atom is -0.507 e. The zero-order valence-electron chi connectivity index (χ0n) is 25.7. The number of rotatable bonds is 8. The van der Waals surface area contributed by atoms with E-state index in [4.69, 9.17) is 4.98 Å². The Hall–Kier alpha value is -3.88. The van der Waals surface area contributed by atoms with Crippen molar-refractivity contribution in [2.75, 3.05) is 6.54 Å². The molecule has 0 aliphatic heterocycles. The van der Waals surface area contributed by atoms with E-state index >= 15 is 0 Å². The molecule has 3 heterocycles. The molecule has 1 fully saturated rings. The second kappa shape index (κ2) is 11.4. The molecule has 224 valence electrons. The van der Waals surface area contributed by atoms with Gasteiger partial charge in [0, 0.05) is 44.1 Å². The molecule has 5 rings (SSSR count). The number of aromatic nitrogens is 5. The Morgan fingerprint density at radius 1 is 1.19 bits per heavy atom. The zero-order valence-corrected chi connectivity index (χ0v) is 25.7. The van der Waals surface area contributed by atoms with Gasteiger partial charge in [-0.15, -0.1) is 0 Å². The molecule has 0 spiro atoms. The number of pyridine rings is 1. The van der Waals surface area contributed by atoms with E-state index in [-0.39, 0.29) is 45.7 Å². The molecule has 3 unspecified atom stereocenters. The highest BCUT2D eigenvalue weighted by atomic mass is 16.3. The van der Waals surface area contributed by atoms with Gasteiger partial charge in [-0.05, 0) is 66.7 Å². The number of carbonyl (C=O) groups is 1. The van der Waals surface area contributed by atoms with E-state index in [9.17, 15) is 14.7 Å². The second-order valence-electron chi connectivity index (χ2n) is 13.9. The zero-order chi connectivity index (χ0) is 30.2. The van der Waals surface area contributed by atoms with Gasteiger partial charge < -0.3 is 15.0 Å². The van der Waals surface area contributed by atoms with Crippen LogP contribution in [0.4, 0.5) is 0 Å². The summed E-state index contributed by atoms with van der Waals surface area (Å²) in [5, 5.41) is 13.2. The summed E-state index contributed by atoms with van der Waals surface area (Å²) in [7, 11) is 1.81. The number of fused-ring (bicyclic) bond motifs is 1. The lowest BCUT2D eigenvalue weighted by Gasteiger charge is -2.43. The van der Waals surface area contributed by atoms with Crippen LogP contribution in [-0.4, -0.2) is 41.2 Å². The number of nitrogens with zero attached hydrogens (tertiary/aromatic N) is 5. The van der Waals surface area contributed by atoms with E-state index in [0.717, 1.165) is 42.5 Å². The fourth-order valence-corrected chi connectivity index (χ4v) is 6.45. The summed E-state index contributed by atoms with van der Waals surface area (Å²) in [6, 6.07) is 10.8. The molecule has 1 aliphatic rings. The summed E-state index contributed by atoms with van der Waals surface area (Å²) in [6.45, 7) is 12.2. The maximum atomic E-state index is 13.1. The first-order valence-corrected chi connectivity index (χ1v) is 14.9. The number of phenols is 1. The first kappa shape index (κ1) is 29.6. The van der Waals surface area contributed by atoms with Crippen molar-refractivity contribution in [3.05, 3.63) is 76.9 Å². The smallest absolute Gasteiger partial charge is 0.330 e. The quantitative estimate of drug-likeness (QED) is 0.284. The lowest BCUT2D eigenvalue weighted by atomic mass is 9.63. The number of amides is 1. The molecule has 0 saturated heterocycles. The monoisotopic (exact) mass is 572 g/mol. The average molecular weight is 573 g/mol. The maximum absolute atomic E-state index is 13.1. The first-order chi connectivity index (χ1) is 19.8. The number of phenolic OH excluding ortho intramolecular Hbond substituents is 1. The fraction of sp³-hybridized carbons (Fsp3) is 0.515. The third kappa shape index (κ3) is 6.15. The molecular formula is C33H44N6O3. The Bertz CT molecular complexity index is 1610. The van der Waals surface area contributed by atoms with E-state index in [0.29, 0.717) is 19.0 Å². The Balaban J connectivity index is 1.37. The Morgan fingerprint density at radius 2 is 1.95 bits per heavy atom. The molecule has 9 heteroatoms. The van der Waals surface area contributed by atoms with Crippen LogP contribution in [0.2, 0.25) is 0 Å². The summed E-state index contributed by atoms with van der Waals surface area (Å²) < 4.78 is 5.60. The maximum Gasteiger partial charge on any atom is 0.330 e. The van der Waals surface area contributed by atoms with Crippen molar-refractivity contribution < 1.29 is 9.90 Å². The number of imidazole rings is 2. The molecule has 1 amide bonds. The number of hydrogen-bond acceptors (Lipinski definition) is 5. The predicted octanol–water partition coefficient (Wildman–Crippen LogP) is 5.65. The van der Waals surface area contributed by atoms with Gasteiger partial charge in [0.2, 0.25) is 0 Å². The number of aromatic hydroxyl groups is 1. The van der Waals surface area contributed by atoms with Crippen LogP contribution in [0.3, 0.4) is 0 Å². The minimum atomic E-state index is -0.291. The average Bonchev–Trinajstić information content (AvgIpc) is 3.55. The van der Waals surface area contributed by atoms with E-state index in [1.807, 2.05) is 24.1 Å². The van der Waals surface area contributed by atoms with E-state index < -0.39 is 0 Å². The summed E-state index contributed by atoms with van der Waals surface area (Å²) in [5.74, 6) is 0.340. The van der Waals surface area contributed by atoms with Crippen LogP contribution in [0.5, 0.6) is 5.75 Å². The van der Waals surface area contributed by atoms with Crippen molar-refractivity contribution >= 4 is 17.1 Å². The molecular weight excluding hydrogens is 528 g/mol. The molecule has 0 radical (unpaired) electrons. The summed E-state index contributed by atoms with van der Waals surface area (Å²) in [4.78, 5) is 35.3. The molecule has 42 heavy (non-hydrogen) atoms.